The van der Waals surface area contributed by atoms with Gasteiger partial charge in [0.15, 0.2) is 0 Å². The highest BCUT2D eigenvalue weighted by atomic mass is 32.2. The van der Waals surface area contributed by atoms with Crippen molar-refractivity contribution in [2.45, 2.75) is 37.5 Å². The van der Waals surface area contributed by atoms with E-state index >= 15 is 0 Å². The molecule has 1 N–H and O–H groups in total. The Morgan fingerprint density at radius 1 is 1.10 bits per heavy atom. The minimum absolute atomic E-state index is 0.0850. The first kappa shape index (κ1) is 19.8. The molecule has 1 unspecified atom stereocenters. The quantitative estimate of drug-likeness (QED) is 0.754. The van der Waals surface area contributed by atoms with Gasteiger partial charge in [-0.3, -0.25) is 14.5 Å². The number of carbonyl (C=O) groups is 2. The number of amides is 2. The minimum Gasteiger partial charge on any atom is -0.497 e. The van der Waals surface area contributed by atoms with E-state index in [9.17, 15) is 9.59 Å². The van der Waals surface area contributed by atoms with Gasteiger partial charge in [0.05, 0.1) is 12.9 Å². The summed E-state index contributed by atoms with van der Waals surface area (Å²) >= 11 is 1.60. The number of anilines is 2. The van der Waals surface area contributed by atoms with Crippen molar-refractivity contribution < 1.29 is 14.3 Å². The molecule has 29 heavy (non-hydrogen) atoms. The smallest absolute Gasteiger partial charge is 0.238 e. The van der Waals surface area contributed by atoms with Crippen LogP contribution in [-0.4, -0.2) is 24.7 Å². The van der Waals surface area contributed by atoms with Crippen molar-refractivity contribution in [1.29, 1.82) is 0 Å². The highest BCUT2D eigenvalue weighted by Gasteiger charge is 2.34. The second-order valence-electron chi connectivity index (χ2n) is 7.57. The predicted molar refractivity (Wildman–Crippen MR) is 117 cm³/mol. The van der Waals surface area contributed by atoms with Gasteiger partial charge in [-0.25, -0.2) is 0 Å². The van der Waals surface area contributed by atoms with Crippen LogP contribution in [0, 0.1) is 5.92 Å². The normalized spacial score (nSPS) is 20.0. The molecular formula is C23H26N2O3S. The zero-order valence-corrected chi connectivity index (χ0v) is 17.4. The van der Waals surface area contributed by atoms with Gasteiger partial charge >= 0.3 is 0 Å². The van der Waals surface area contributed by atoms with Gasteiger partial charge in [0.1, 0.15) is 11.1 Å². The molecule has 5 nitrogen and oxygen atoms in total. The summed E-state index contributed by atoms with van der Waals surface area (Å²) in [6, 6.07) is 15.4. The largest absolute Gasteiger partial charge is 0.497 e. The molecule has 1 saturated heterocycles. The summed E-state index contributed by atoms with van der Waals surface area (Å²) in [5.41, 5.74) is 2.66. The summed E-state index contributed by atoms with van der Waals surface area (Å²) in [4.78, 5) is 27.0. The zero-order valence-electron chi connectivity index (χ0n) is 16.6. The maximum absolute atomic E-state index is 12.6. The molecule has 1 aliphatic heterocycles. The average Bonchev–Trinajstić information content (AvgIpc) is 3.16. The van der Waals surface area contributed by atoms with Gasteiger partial charge in [0.2, 0.25) is 11.8 Å². The van der Waals surface area contributed by atoms with Crippen LogP contribution >= 0.6 is 11.8 Å². The lowest BCUT2D eigenvalue weighted by Gasteiger charge is -2.25. The number of thioether (sulfide) groups is 1. The molecule has 1 saturated carbocycles. The summed E-state index contributed by atoms with van der Waals surface area (Å²) in [5.74, 6) is 1.52. The zero-order chi connectivity index (χ0) is 20.2. The Morgan fingerprint density at radius 2 is 1.86 bits per heavy atom. The maximum Gasteiger partial charge on any atom is 0.238 e. The van der Waals surface area contributed by atoms with E-state index in [1.54, 1.807) is 18.9 Å². The molecule has 1 aliphatic carbocycles. The Bertz CT molecular complexity index is 878. The van der Waals surface area contributed by atoms with Gasteiger partial charge in [0.25, 0.3) is 0 Å². The van der Waals surface area contributed by atoms with Gasteiger partial charge in [-0.05, 0) is 54.8 Å². The first-order valence-electron chi connectivity index (χ1n) is 10.1. The molecule has 6 heteroatoms. The predicted octanol–water partition coefficient (Wildman–Crippen LogP) is 4.99. The van der Waals surface area contributed by atoms with Crippen LogP contribution in [0.1, 0.15) is 43.0 Å². The summed E-state index contributed by atoms with van der Waals surface area (Å²) in [6.07, 6.45) is 5.45. The van der Waals surface area contributed by atoms with Crippen molar-refractivity contribution in [3.05, 3.63) is 54.1 Å². The van der Waals surface area contributed by atoms with Crippen LogP contribution in [0.5, 0.6) is 5.75 Å². The lowest BCUT2D eigenvalue weighted by molar-refractivity contribution is -0.120. The Balaban J connectivity index is 1.52. The third-order valence-corrected chi connectivity index (χ3v) is 6.85. The van der Waals surface area contributed by atoms with Crippen molar-refractivity contribution in [3.8, 4) is 5.75 Å². The Labute approximate surface area is 175 Å². The number of rotatable bonds is 5. The number of methoxy groups -OCH3 is 1. The molecule has 1 atom stereocenters. The van der Waals surface area contributed by atoms with Gasteiger partial charge in [-0.2, -0.15) is 0 Å². The summed E-state index contributed by atoms with van der Waals surface area (Å²) < 4.78 is 5.22. The van der Waals surface area contributed by atoms with Crippen LogP contribution < -0.4 is 15.0 Å². The lowest BCUT2D eigenvalue weighted by Crippen LogP contribution is -2.28. The molecule has 2 aromatic rings. The maximum atomic E-state index is 12.6. The van der Waals surface area contributed by atoms with Crippen molar-refractivity contribution in [3.63, 3.8) is 0 Å². The van der Waals surface area contributed by atoms with E-state index in [4.69, 9.17) is 4.74 Å². The van der Waals surface area contributed by atoms with Crippen molar-refractivity contribution in [2.75, 3.05) is 23.1 Å². The highest BCUT2D eigenvalue weighted by Crippen LogP contribution is 2.42. The molecule has 0 bridgehead atoms. The van der Waals surface area contributed by atoms with Crippen LogP contribution in [0.3, 0.4) is 0 Å². The summed E-state index contributed by atoms with van der Waals surface area (Å²) in [7, 11) is 1.63. The number of hydrogen-bond acceptors (Lipinski definition) is 4. The molecule has 4 rings (SSSR count). The van der Waals surface area contributed by atoms with Gasteiger partial charge < -0.3 is 10.1 Å². The topological polar surface area (TPSA) is 58.6 Å². The molecule has 152 valence electrons. The molecule has 0 aromatic heterocycles. The van der Waals surface area contributed by atoms with E-state index < -0.39 is 0 Å². The molecular weight excluding hydrogens is 384 g/mol. The van der Waals surface area contributed by atoms with Crippen LogP contribution in [-0.2, 0) is 9.59 Å². The number of nitrogens with zero attached hydrogens (tertiary/aromatic N) is 1. The first-order chi connectivity index (χ1) is 14.2. The fourth-order valence-electron chi connectivity index (χ4n) is 4.07. The van der Waals surface area contributed by atoms with Crippen molar-refractivity contribution in [2.24, 2.45) is 5.92 Å². The van der Waals surface area contributed by atoms with Crippen molar-refractivity contribution in [1.82, 2.24) is 0 Å². The number of hydrogen-bond donors (Lipinski definition) is 1. The molecule has 2 aliphatic rings. The second kappa shape index (κ2) is 8.91. The summed E-state index contributed by atoms with van der Waals surface area (Å²) in [6.45, 7) is 0. The van der Waals surface area contributed by atoms with E-state index in [0.717, 1.165) is 48.4 Å². The Kier molecular flexibility index (Phi) is 6.09. The molecule has 1 heterocycles. The van der Waals surface area contributed by atoms with E-state index in [-0.39, 0.29) is 23.1 Å². The van der Waals surface area contributed by atoms with E-state index in [0.29, 0.717) is 5.75 Å². The number of benzene rings is 2. The Morgan fingerprint density at radius 3 is 2.59 bits per heavy atom. The van der Waals surface area contributed by atoms with Gasteiger partial charge in [-0.15, -0.1) is 11.8 Å². The van der Waals surface area contributed by atoms with E-state index in [2.05, 4.69) is 5.32 Å². The van der Waals surface area contributed by atoms with Crippen LogP contribution in [0.15, 0.2) is 48.5 Å². The monoisotopic (exact) mass is 410 g/mol. The first-order valence-corrected chi connectivity index (χ1v) is 11.2. The number of carbonyl (C=O) groups excluding carboxylic acids is 2. The van der Waals surface area contributed by atoms with Gasteiger partial charge in [0, 0.05) is 17.3 Å². The fraction of sp³-hybridized carbons (Fsp3) is 0.391. The third kappa shape index (κ3) is 4.42. The molecule has 2 amide bonds. The second-order valence-corrected chi connectivity index (χ2v) is 8.64. The number of ether oxygens (including phenoxy) is 1. The fourth-order valence-corrected chi connectivity index (χ4v) is 5.24. The molecule has 0 spiro atoms. The molecule has 2 aromatic carbocycles. The lowest BCUT2D eigenvalue weighted by atomic mass is 9.88. The van der Waals surface area contributed by atoms with Crippen LogP contribution in [0.4, 0.5) is 11.4 Å². The summed E-state index contributed by atoms with van der Waals surface area (Å²) in [5, 5.41) is 2.98. The minimum atomic E-state index is -0.109. The van der Waals surface area contributed by atoms with E-state index in [1.165, 1.54) is 6.42 Å². The number of nitrogens with one attached hydrogen (secondary N) is 1. The third-order valence-electron chi connectivity index (χ3n) is 5.63. The molecule has 0 radical (unpaired) electrons. The van der Waals surface area contributed by atoms with Gasteiger partial charge in [-0.1, -0.05) is 31.4 Å². The van der Waals surface area contributed by atoms with Crippen molar-refractivity contribution >= 4 is 35.0 Å². The van der Waals surface area contributed by atoms with E-state index in [1.807, 2.05) is 53.4 Å². The molecule has 2 fully saturated rings. The van der Waals surface area contributed by atoms with Crippen LogP contribution in [0.25, 0.3) is 0 Å². The average molecular weight is 411 g/mol. The highest BCUT2D eigenvalue weighted by molar-refractivity contribution is 8.00. The van der Waals surface area contributed by atoms with Crippen LogP contribution in [0.2, 0.25) is 0 Å². The standard InChI is InChI=1S/C23H26N2O3S/c1-28-20-12-10-19(11-13-20)25-21(26)15-29-23(25)17-8-5-9-18(14-17)24-22(27)16-6-3-2-4-7-16/h5,8-14,16,23H,2-4,6-7,15H2,1H3,(H,24,27). The SMILES string of the molecule is COc1ccc(N2C(=O)CSC2c2cccc(NC(=O)C3CCCCC3)c2)cc1. The Hall–Kier alpha value is -2.47.